The largest absolute Gasteiger partial charge is 0.382 e. The van der Waals surface area contributed by atoms with Crippen LogP contribution in [-0.2, 0) is 10.0 Å². The third-order valence-electron chi connectivity index (χ3n) is 2.71. The van der Waals surface area contributed by atoms with Crippen molar-refractivity contribution in [2.75, 3.05) is 16.7 Å². The zero-order valence-corrected chi connectivity index (χ0v) is 13.3. The van der Waals surface area contributed by atoms with Gasteiger partial charge in [0, 0.05) is 12.1 Å². The number of nitro groups is 1. The molecule has 1 aromatic carbocycles. The first-order chi connectivity index (χ1) is 10.7. The summed E-state index contributed by atoms with van der Waals surface area (Å²) in [6.45, 7) is 0. The van der Waals surface area contributed by atoms with Crippen LogP contribution in [0, 0.1) is 10.1 Å². The third kappa shape index (κ3) is 3.60. The maximum absolute atomic E-state index is 12.2. The normalized spacial score (nSPS) is 11.2. The second kappa shape index (κ2) is 6.26. The van der Waals surface area contributed by atoms with Crippen LogP contribution in [0.2, 0.25) is 0 Å². The van der Waals surface area contributed by atoms with Gasteiger partial charge in [0.15, 0.2) is 16.7 Å². The Labute approximate surface area is 134 Å². The number of sulfonamides is 1. The lowest BCUT2D eigenvalue weighted by Gasteiger charge is -2.09. The number of thioether (sulfide) groups is 1. The number of hydrogen-bond donors (Lipinski definition) is 3. The van der Waals surface area contributed by atoms with Gasteiger partial charge in [0.1, 0.15) is 0 Å². The van der Waals surface area contributed by atoms with Crippen LogP contribution in [0.25, 0.3) is 0 Å². The van der Waals surface area contributed by atoms with E-state index in [9.17, 15) is 23.3 Å². The van der Waals surface area contributed by atoms with Gasteiger partial charge in [-0.1, -0.05) is 11.8 Å². The van der Waals surface area contributed by atoms with Crippen LogP contribution >= 0.6 is 11.8 Å². The average molecular weight is 357 g/mol. The lowest BCUT2D eigenvalue weighted by atomic mass is 10.3. The van der Waals surface area contributed by atoms with Crippen LogP contribution in [0.4, 0.5) is 17.2 Å². The Morgan fingerprint density at radius 1 is 1.35 bits per heavy atom. The fraction of sp³-hybridized carbons (Fsp3) is 0.0909. The lowest BCUT2D eigenvalue weighted by Crippen LogP contribution is -2.23. The molecule has 10 nitrogen and oxygen atoms in total. The molecular weight excluding hydrogens is 346 g/mol. The van der Waals surface area contributed by atoms with Gasteiger partial charge in [-0.3, -0.25) is 24.6 Å². The van der Waals surface area contributed by atoms with E-state index in [1.165, 1.54) is 0 Å². The fourth-order valence-corrected chi connectivity index (χ4v) is 3.07. The highest BCUT2D eigenvalue weighted by atomic mass is 32.2. The van der Waals surface area contributed by atoms with Gasteiger partial charge in [0.2, 0.25) is 0 Å². The number of nitrogens with two attached hydrogens (primary N) is 1. The highest BCUT2D eigenvalue weighted by molar-refractivity contribution is 7.98. The zero-order chi connectivity index (χ0) is 17.2. The van der Waals surface area contributed by atoms with E-state index in [0.717, 1.165) is 36.0 Å². The van der Waals surface area contributed by atoms with Gasteiger partial charge in [-0.25, -0.2) is 13.4 Å². The van der Waals surface area contributed by atoms with Crippen molar-refractivity contribution in [1.82, 2.24) is 9.97 Å². The second-order valence-electron chi connectivity index (χ2n) is 4.19. The molecule has 0 saturated heterocycles. The number of H-pyrrole nitrogens is 1. The number of nitrogens with zero attached hydrogens (tertiary/aromatic N) is 2. The van der Waals surface area contributed by atoms with E-state index in [-0.39, 0.29) is 21.6 Å². The smallest absolute Gasteiger partial charge is 0.278 e. The Morgan fingerprint density at radius 3 is 2.43 bits per heavy atom. The van der Waals surface area contributed by atoms with E-state index in [1.54, 1.807) is 6.26 Å². The molecule has 0 atom stereocenters. The van der Waals surface area contributed by atoms with Crippen molar-refractivity contribution in [2.45, 2.75) is 10.1 Å². The van der Waals surface area contributed by atoms with Crippen LogP contribution in [0.15, 0.2) is 39.1 Å². The summed E-state index contributed by atoms with van der Waals surface area (Å²) < 4.78 is 26.5. The third-order valence-corrected chi connectivity index (χ3v) is 4.66. The number of anilines is 2. The minimum Gasteiger partial charge on any atom is -0.382 e. The van der Waals surface area contributed by atoms with Gasteiger partial charge in [-0.05, 0) is 18.4 Å². The Kier molecular flexibility index (Phi) is 4.56. The Hall–Kier alpha value is -2.60. The number of nitrogen functional groups attached to an aromatic ring is 1. The summed E-state index contributed by atoms with van der Waals surface area (Å²) in [5.74, 6) is -0.274. The molecule has 0 radical (unpaired) electrons. The molecular formula is C11H11N5O5S2. The molecule has 0 amide bonds. The number of hydrogen-bond acceptors (Lipinski definition) is 8. The first-order valence-electron chi connectivity index (χ1n) is 5.95. The van der Waals surface area contributed by atoms with E-state index in [0.29, 0.717) is 0 Å². The van der Waals surface area contributed by atoms with Crippen molar-refractivity contribution in [2.24, 2.45) is 0 Å². The lowest BCUT2D eigenvalue weighted by molar-refractivity contribution is -0.384. The molecule has 23 heavy (non-hydrogen) atoms. The van der Waals surface area contributed by atoms with Crippen LogP contribution in [0.1, 0.15) is 0 Å². The molecule has 122 valence electrons. The number of aromatic amines is 1. The van der Waals surface area contributed by atoms with E-state index in [1.807, 2.05) is 4.72 Å². The topological polar surface area (TPSA) is 161 Å². The molecule has 0 aliphatic carbocycles. The van der Waals surface area contributed by atoms with Crippen molar-refractivity contribution >= 4 is 39.0 Å². The predicted octanol–water partition coefficient (Wildman–Crippen LogP) is 0.783. The van der Waals surface area contributed by atoms with Gasteiger partial charge in [-0.2, -0.15) is 0 Å². The summed E-state index contributed by atoms with van der Waals surface area (Å²) in [5.41, 5.74) is 4.17. The summed E-state index contributed by atoms with van der Waals surface area (Å²) in [4.78, 5) is 27.7. The van der Waals surface area contributed by atoms with Crippen molar-refractivity contribution in [3.05, 3.63) is 44.7 Å². The zero-order valence-electron chi connectivity index (χ0n) is 11.6. The first kappa shape index (κ1) is 16.8. The molecule has 0 spiro atoms. The molecule has 0 unspecified atom stereocenters. The number of benzene rings is 1. The Morgan fingerprint density at radius 2 is 1.96 bits per heavy atom. The van der Waals surface area contributed by atoms with Gasteiger partial charge < -0.3 is 5.73 Å². The maximum atomic E-state index is 12.2. The molecule has 0 fully saturated rings. The van der Waals surface area contributed by atoms with E-state index < -0.39 is 26.2 Å². The Bertz CT molecular complexity index is 907. The van der Waals surface area contributed by atoms with Gasteiger partial charge in [-0.15, -0.1) is 0 Å². The monoisotopic (exact) mass is 357 g/mol. The predicted molar refractivity (Wildman–Crippen MR) is 85.0 cm³/mol. The van der Waals surface area contributed by atoms with Crippen LogP contribution in [0.3, 0.4) is 0 Å². The molecule has 1 aromatic heterocycles. The van der Waals surface area contributed by atoms with Gasteiger partial charge in [0.05, 0.1) is 9.82 Å². The molecule has 0 saturated carbocycles. The highest BCUT2D eigenvalue weighted by Gasteiger charge is 2.20. The number of rotatable bonds is 5. The summed E-state index contributed by atoms with van der Waals surface area (Å²) in [5, 5.41) is 10.8. The van der Waals surface area contributed by atoms with E-state index >= 15 is 0 Å². The molecule has 0 aliphatic rings. The molecule has 12 heteroatoms. The van der Waals surface area contributed by atoms with Crippen molar-refractivity contribution in [3.63, 3.8) is 0 Å². The number of non-ortho nitro benzene ring substituents is 1. The molecule has 1 heterocycles. The number of aromatic nitrogens is 2. The van der Waals surface area contributed by atoms with E-state index in [4.69, 9.17) is 5.73 Å². The SMILES string of the molecule is CSc1nc(N)c(NS(=O)(=O)c2ccc([N+](=O)[O-])cc2)c(=O)[nH]1. The van der Waals surface area contributed by atoms with Crippen LogP contribution in [-0.4, -0.2) is 29.6 Å². The molecule has 0 aliphatic heterocycles. The standard InChI is InChI=1S/C11H11N5O5S2/c1-22-11-13-9(12)8(10(17)14-11)15-23(20,21)7-4-2-6(3-5-7)16(18)19/h2-5,15H,1H3,(H3,12,13,14,17). The fourth-order valence-electron chi connectivity index (χ4n) is 1.60. The summed E-state index contributed by atoms with van der Waals surface area (Å²) in [6.07, 6.45) is 1.67. The molecule has 0 bridgehead atoms. The Balaban J connectivity index is 2.39. The van der Waals surface area contributed by atoms with Crippen LogP contribution < -0.4 is 16.0 Å². The molecule has 2 aromatic rings. The first-order valence-corrected chi connectivity index (χ1v) is 8.66. The summed E-state index contributed by atoms with van der Waals surface area (Å²) >= 11 is 1.14. The van der Waals surface area contributed by atoms with Crippen molar-refractivity contribution in [3.8, 4) is 0 Å². The highest BCUT2D eigenvalue weighted by Crippen LogP contribution is 2.20. The number of nitrogens with one attached hydrogen (secondary N) is 2. The van der Waals surface area contributed by atoms with Crippen molar-refractivity contribution in [1.29, 1.82) is 0 Å². The minimum absolute atomic E-state index is 0.241. The minimum atomic E-state index is -4.14. The summed E-state index contributed by atoms with van der Waals surface area (Å²) in [7, 11) is -4.14. The maximum Gasteiger partial charge on any atom is 0.278 e. The quantitative estimate of drug-likeness (QED) is 0.306. The average Bonchev–Trinajstić information content (AvgIpc) is 2.50. The number of nitro benzene ring substituents is 1. The van der Waals surface area contributed by atoms with Gasteiger partial charge in [0.25, 0.3) is 21.3 Å². The van der Waals surface area contributed by atoms with Crippen molar-refractivity contribution < 1.29 is 13.3 Å². The summed E-state index contributed by atoms with van der Waals surface area (Å²) in [6, 6.07) is 4.18. The van der Waals surface area contributed by atoms with E-state index in [2.05, 4.69) is 9.97 Å². The molecule has 4 N–H and O–H groups in total. The second-order valence-corrected chi connectivity index (χ2v) is 6.67. The van der Waals surface area contributed by atoms with Crippen LogP contribution in [0.5, 0.6) is 0 Å². The molecule has 2 rings (SSSR count). The van der Waals surface area contributed by atoms with Gasteiger partial charge >= 0.3 is 0 Å².